The van der Waals surface area contributed by atoms with Crippen molar-refractivity contribution in [3.63, 3.8) is 0 Å². The first-order valence-corrected chi connectivity index (χ1v) is 18.2. The van der Waals surface area contributed by atoms with Gasteiger partial charge in [0, 0.05) is 0 Å². The van der Waals surface area contributed by atoms with Gasteiger partial charge < -0.3 is 0 Å². The summed E-state index contributed by atoms with van der Waals surface area (Å²) < 4.78 is 0. The van der Waals surface area contributed by atoms with Gasteiger partial charge in [0.05, 0.1) is 0 Å². The smallest absolute Gasteiger partial charge is 0.00921 e. The zero-order valence-corrected chi connectivity index (χ0v) is 29.3. The van der Waals surface area contributed by atoms with E-state index in [1.165, 1.54) is 109 Å². The lowest BCUT2D eigenvalue weighted by molar-refractivity contribution is 1.44. The fraction of sp³-hybridized carbons (Fsp3) is 0.0385. The van der Waals surface area contributed by atoms with Crippen molar-refractivity contribution in [2.75, 3.05) is 0 Å². The fourth-order valence-electron chi connectivity index (χ4n) is 8.45. The average molecular weight is 661 g/mol. The third-order valence-electron chi connectivity index (χ3n) is 11.1. The van der Waals surface area contributed by atoms with E-state index in [9.17, 15) is 0 Å². The van der Waals surface area contributed by atoms with Gasteiger partial charge >= 0.3 is 0 Å². The number of fused-ring (bicyclic) bond motifs is 9. The molecule has 0 saturated heterocycles. The summed E-state index contributed by atoms with van der Waals surface area (Å²) in [7, 11) is 0. The second kappa shape index (κ2) is 12.1. The van der Waals surface area contributed by atoms with Gasteiger partial charge in [0.25, 0.3) is 0 Å². The largest absolute Gasteiger partial charge is 0.0871 e. The third-order valence-corrected chi connectivity index (χ3v) is 11.1. The van der Waals surface area contributed by atoms with Gasteiger partial charge in [-0.05, 0) is 159 Å². The molecule has 0 radical (unpaired) electrons. The molecule has 0 aliphatic carbocycles. The van der Waals surface area contributed by atoms with Gasteiger partial charge in [-0.25, -0.2) is 0 Å². The van der Waals surface area contributed by atoms with Crippen molar-refractivity contribution in [1.29, 1.82) is 0 Å². The summed E-state index contributed by atoms with van der Waals surface area (Å²) in [6.45, 7) is 4.27. The lowest BCUT2D eigenvalue weighted by atomic mass is 9.85. The van der Waals surface area contributed by atoms with E-state index in [2.05, 4.69) is 196 Å². The van der Waals surface area contributed by atoms with E-state index in [0.717, 1.165) is 0 Å². The number of aryl methyl sites for hydroxylation is 1. The molecule has 0 spiro atoms. The zero-order chi connectivity index (χ0) is 34.8. The Kier molecular flexibility index (Phi) is 7.05. The van der Waals surface area contributed by atoms with Crippen LogP contribution in [0.25, 0.3) is 104 Å². The molecule has 0 fully saturated rings. The van der Waals surface area contributed by atoms with Crippen LogP contribution in [0.4, 0.5) is 0 Å². The number of hydrogen-bond donors (Lipinski definition) is 0. The summed E-state index contributed by atoms with van der Waals surface area (Å²) in [5.74, 6) is 0. The van der Waals surface area contributed by atoms with Crippen molar-refractivity contribution in [3.8, 4) is 33.4 Å². The summed E-state index contributed by atoms with van der Waals surface area (Å²) in [4.78, 5) is 0. The van der Waals surface area contributed by atoms with E-state index in [-0.39, 0.29) is 0 Å². The van der Waals surface area contributed by atoms with Crippen molar-refractivity contribution in [2.24, 2.45) is 0 Å². The lowest BCUT2D eigenvalue weighted by Gasteiger charge is -2.19. The highest BCUT2D eigenvalue weighted by atomic mass is 14.2. The van der Waals surface area contributed by atoms with Gasteiger partial charge in [-0.2, -0.15) is 0 Å². The van der Waals surface area contributed by atoms with Crippen LogP contribution < -0.4 is 0 Å². The maximum absolute atomic E-state index is 2.47. The molecule has 0 N–H and O–H groups in total. The highest BCUT2D eigenvalue weighted by Gasteiger charge is 2.18. The molecule has 10 aromatic rings. The topological polar surface area (TPSA) is 0 Å². The zero-order valence-electron chi connectivity index (χ0n) is 29.3. The molecule has 10 aromatic carbocycles. The van der Waals surface area contributed by atoms with Crippen LogP contribution in [0.5, 0.6) is 0 Å². The number of hydrogen-bond acceptors (Lipinski definition) is 0. The highest BCUT2D eigenvalue weighted by Crippen LogP contribution is 2.45. The monoisotopic (exact) mass is 660 g/mol. The minimum absolute atomic E-state index is 1.22. The van der Waals surface area contributed by atoms with Gasteiger partial charge in [0.2, 0.25) is 0 Å². The van der Waals surface area contributed by atoms with Crippen LogP contribution in [-0.4, -0.2) is 0 Å². The maximum Gasteiger partial charge on any atom is -0.00921 e. The molecule has 0 aromatic heterocycles. The van der Waals surface area contributed by atoms with Gasteiger partial charge in [-0.15, -0.1) is 0 Å². The highest BCUT2D eigenvalue weighted by molar-refractivity contribution is 6.26. The van der Waals surface area contributed by atoms with E-state index in [1.54, 1.807) is 0 Å². The summed E-state index contributed by atoms with van der Waals surface area (Å²) in [5, 5.41) is 15.2. The standard InChI is InChI=1S/C52H36/c1-3-12-35-27-37(22-21-33(35)2)38-25-26-46-48(29-38)52-31-47(40-24-23-34-13-4-5-14-36(34)28-40)43-18-9-11-20-45(43)50(52)32-51(46)49-30-39-15-6-7-16-41(39)42-17-8-10-19-44(42)49/h3-32H,1-2H3/b12-3-. The predicted molar refractivity (Wildman–Crippen MR) is 227 cm³/mol. The first-order chi connectivity index (χ1) is 25.6. The Morgan fingerprint density at radius 1 is 0.327 bits per heavy atom. The molecule has 0 atom stereocenters. The Balaban J connectivity index is 1.34. The van der Waals surface area contributed by atoms with Gasteiger partial charge in [-0.1, -0.05) is 146 Å². The van der Waals surface area contributed by atoms with Gasteiger partial charge in [0.15, 0.2) is 0 Å². The average Bonchev–Trinajstić information content (AvgIpc) is 3.20. The SMILES string of the molecule is C/C=C\c1cc(-c2ccc3c(-c4cc5ccccc5c5ccccc45)cc4c5ccccc5c(-c5ccc6ccccc6c5)cc4c3c2)ccc1C. The molecule has 0 bridgehead atoms. The Hall–Kier alpha value is -6.50. The van der Waals surface area contributed by atoms with Crippen molar-refractivity contribution in [1.82, 2.24) is 0 Å². The molecule has 244 valence electrons. The second-order valence-corrected chi connectivity index (χ2v) is 14.1. The van der Waals surface area contributed by atoms with Crippen LogP contribution in [0.3, 0.4) is 0 Å². The minimum Gasteiger partial charge on any atom is -0.0871 e. The van der Waals surface area contributed by atoms with E-state index in [0.29, 0.717) is 0 Å². The van der Waals surface area contributed by atoms with Crippen LogP contribution in [0, 0.1) is 6.92 Å². The Labute approximate surface area is 303 Å². The molecule has 0 heteroatoms. The molecule has 0 heterocycles. The predicted octanol–water partition coefficient (Wildman–Crippen LogP) is 14.9. The number of allylic oxidation sites excluding steroid dienone is 1. The number of rotatable bonds is 4. The summed E-state index contributed by atoms with van der Waals surface area (Å²) in [6, 6.07) is 63.5. The van der Waals surface area contributed by atoms with Crippen LogP contribution in [0.2, 0.25) is 0 Å². The fourth-order valence-corrected chi connectivity index (χ4v) is 8.45. The Morgan fingerprint density at radius 3 is 1.63 bits per heavy atom. The van der Waals surface area contributed by atoms with E-state index in [4.69, 9.17) is 0 Å². The summed E-state index contributed by atoms with van der Waals surface area (Å²) in [6.07, 6.45) is 4.33. The summed E-state index contributed by atoms with van der Waals surface area (Å²) >= 11 is 0. The van der Waals surface area contributed by atoms with Crippen LogP contribution in [0.15, 0.2) is 176 Å². The van der Waals surface area contributed by atoms with Crippen molar-refractivity contribution in [3.05, 3.63) is 187 Å². The molecular weight excluding hydrogens is 625 g/mol. The third kappa shape index (κ3) is 4.83. The molecule has 0 aliphatic heterocycles. The quantitative estimate of drug-likeness (QED) is 0.165. The second-order valence-electron chi connectivity index (χ2n) is 14.1. The first kappa shape index (κ1) is 30.3. The molecular formula is C52H36. The van der Waals surface area contributed by atoms with E-state index in [1.807, 2.05) is 0 Å². The van der Waals surface area contributed by atoms with Crippen molar-refractivity contribution >= 4 is 70.7 Å². The van der Waals surface area contributed by atoms with E-state index >= 15 is 0 Å². The van der Waals surface area contributed by atoms with E-state index < -0.39 is 0 Å². The Morgan fingerprint density at radius 2 is 0.846 bits per heavy atom. The molecule has 0 nitrogen and oxygen atoms in total. The molecule has 0 unspecified atom stereocenters. The van der Waals surface area contributed by atoms with Crippen LogP contribution in [-0.2, 0) is 0 Å². The molecule has 0 amide bonds. The normalized spacial score (nSPS) is 12.0. The van der Waals surface area contributed by atoms with Crippen molar-refractivity contribution < 1.29 is 0 Å². The molecule has 0 aliphatic rings. The molecule has 10 rings (SSSR count). The van der Waals surface area contributed by atoms with Crippen LogP contribution >= 0.6 is 0 Å². The van der Waals surface area contributed by atoms with Crippen molar-refractivity contribution in [2.45, 2.75) is 13.8 Å². The van der Waals surface area contributed by atoms with Crippen LogP contribution in [0.1, 0.15) is 18.1 Å². The lowest BCUT2D eigenvalue weighted by Crippen LogP contribution is -1.91. The molecule has 52 heavy (non-hydrogen) atoms. The Bertz CT molecular complexity index is 3080. The molecule has 0 saturated carbocycles. The first-order valence-electron chi connectivity index (χ1n) is 18.2. The van der Waals surface area contributed by atoms with Gasteiger partial charge in [0.1, 0.15) is 0 Å². The maximum atomic E-state index is 2.47. The van der Waals surface area contributed by atoms with Gasteiger partial charge in [-0.3, -0.25) is 0 Å². The number of benzene rings is 10. The minimum atomic E-state index is 1.22. The summed E-state index contributed by atoms with van der Waals surface area (Å²) in [5.41, 5.74) is 10.0.